The molecule has 0 bridgehead atoms. The Kier molecular flexibility index (Phi) is 4.95. The van der Waals surface area contributed by atoms with Crippen LogP contribution in [0.3, 0.4) is 0 Å². The molecule has 9 heteroatoms. The lowest BCUT2D eigenvalue weighted by atomic mass is 10.1. The molecule has 2 saturated heterocycles. The largest absolute Gasteiger partial charge is 0.471 e. The molecule has 6 nitrogen and oxygen atoms in total. The van der Waals surface area contributed by atoms with Crippen LogP contribution in [0.15, 0.2) is 18.2 Å². The number of halogens is 3. The van der Waals surface area contributed by atoms with Crippen molar-refractivity contribution in [1.29, 1.82) is 0 Å². The number of morpholine rings is 1. The second kappa shape index (κ2) is 7.27. The molecule has 0 aliphatic carbocycles. The summed E-state index contributed by atoms with van der Waals surface area (Å²) < 4.78 is 43.9. The number of rotatable bonds is 2. The van der Waals surface area contributed by atoms with Crippen LogP contribution in [-0.2, 0) is 20.7 Å². The lowest BCUT2D eigenvalue weighted by molar-refractivity contribution is -0.186. The number of alkyl halides is 3. The Balaban J connectivity index is 1.52. The number of carbonyl (C=O) groups is 2. The molecule has 2 fully saturated rings. The van der Waals surface area contributed by atoms with Gasteiger partial charge in [-0.05, 0) is 43.0 Å². The zero-order valence-electron chi connectivity index (χ0n) is 15.4. The molecule has 0 radical (unpaired) electrons. The minimum Gasteiger partial charge on any atom is -0.378 e. The Labute approximate surface area is 160 Å². The van der Waals surface area contributed by atoms with Gasteiger partial charge in [-0.3, -0.25) is 9.59 Å². The van der Waals surface area contributed by atoms with E-state index < -0.39 is 24.0 Å². The molecule has 4 rings (SSSR count). The first kappa shape index (κ1) is 19.0. The van der Waals surface area contributed by atoms with E-state index >= 15 is 0 Å². The maximum Gasteiger partial charge on any atom is 0.471 e. The number of anilines is 2. The molecule has 28 heavy (non-hydrogen) atoms. The fourth-order valence-corrected chi connectivity index (χ4v) is 4.24. The first-order valence-electron chi connectivity index (χ1n) is 9.51. The number of amides is 2. The van der Waals surface area contributed by atoms with Crippen molar-refractivity contribution in [3.63, 3.8) is 0 Å². The summed E-state index contributed by atoms with van der Waals surface area (Å²) in [7, 11) is 0. The predicted molar refractivity (Wildman–Crippen MR) is 96.3 cm³/mol. The van der Waals surface area contributed by atoms with Crippen molar-refractivity contribution in [1.82, 2.24) is 4.90 Å². The van der Waals surface area contributed by atoms with Gasteiger partial charge < -0.3 is 19.4 Å². The van der Waals surface area contributed by atoms with E-state index in [1.165, 1.54) is 4.90 Å². The van der Waals surface area contributed by atoms with E-state index in [0.29, 0.717) is 37.5 Å². The molecule has 1 aromatic carbocycles. The van der Waals surface area contributed by atoms with E-state index in [4.69, 9.17) is 4.74 Å². The van der Waals surface area contributed by atoms with Gasteiger partial charge in [-0.2, -0.15) is 13.2 Å². The third kappa shape index (κ3) is 3.43. The predicted octanol–water partition coefficient (Wildman–Crippen LogP) is 1.97. The zero-order chi connectivity index (χ0) is 19.9. The number of ether oxygens (including phenoxy) is 1. The quantitative estimate of drug-likeness (QED) is 0.766. The lowest BCUT2D eigenvalue weighted by Crippen LogP contribution is -2.51. The van der Waals surface area contributed by atoms with Gasteiger partial charge in [-0.1, -0.05) is 0 Å². The number of likely N-dealkylation sites (tertiary alicyclic amines) is 1. The molecule has 0 saturated carbocycles. The van der Waals surface area contributed by atoms with E-state index in [2.05, 4.69) is 4.90 Å². The van der Waals surface area contributed by atoms with Crippen molar-refractivity contribution in [2.75, 3.05) is 49.2 Å². The molecule has 3 aliphatic rings. The first-order chi connectivity index (χ1) is 13.4. The van der Waals surface area contributed by atoms with Gasteiger partial charge in [0, 0.05) is 37.6 Å². The van der Waals surface area contributed by atoms with Gasteiger partial charge >= 0.3 is 12.1 Å². The van der Waals surface area contributed by atoms with Crippen LogP contribution in [0.4, 0.5) is 24.5 Å². The number of carbonyl (C=O) groups excluding carboxylic acids is 2. The van der Waals surface area contributed by atoms with E-state index in [0.717, 1.165) is 30.0 Å². The number of hydrogen-bond donors (Lipinski definition) is 0. The highest BCUT2D eigenvalue weighted by molar-refractivity contribution is 6.01. The van der Waals surface area contributed by atoms with Gasteiger partial charge in [-0.25, -0.2) is 0 Å². The highest BCUT2D eigenvalue weighted by Gasteiger charge is 2.48. The topological polar surface area (TPSA) is 53.1 Å². The molecule has 1 aromatic rings. The van der Waals surface area contributed by atoms with Crippen molar-refractivity contribution < 1.29 is 27.5 Å². The van der Waals surface area contributed by atoms with E-state index in [1.807, 2.05) is 18.2 Å². The summed E-state index contributed by atoms with van der Waals surface area (Å²) in [5, 5.41) is 0. The fraction of sp³-hybridized carbons (Fsp3) is 0.579. The Morgan fingerprint density at radius 1 is 1.07 bits per heavy atom. The summed E-state index contributed by atoms with van der Waals surface area (Å²) in [6, 6.07) is 4.79. The Bertz CT molecular complexity index is 777. The molecule has 2 amide bonds. The Hall–Kier alpha value is -2.29. The molecule has 1 unspecified atom stereocenters. The third-order valence-corrected chi connectivity index (χ3v) is 5.64. The number of nitrogens with zero attached hydrogens (tertiary/aromatic N) is 3. The summed E-state index contributed by atoms with van der Waals surface area (Å²) in [5.74, 6) is -2.35. The first-order valence-corrected chi connectivity index (χ1v) is 9.51. The average Bonchev–Trinajstić information content (AvgIpc) is 3.33. The van der Waals surface area contributed by atoms with Crippen molar-refractivity contribution >= 4 is 23.2 Å². The average molecular weight is 397 g/mol. The van der Waals surface area contributed by atoms with Gasteiger partial charge in [0.05, 0.1) is 13.2 Å². The molecule has 3 aliphatic heterocycles. The maximum absolute atomic E-state index is 13.0. The summed E-state index contributed by atoms with van der Waals surface area (Å²) >= 11 is 0. The van der Waals surface area contributed by atoms with Gasteiger partial charge in [-0.15, -0.1) is 0 Å². The van der Waals surface area contributed by atoms with Crippen LogP contribution < -0.4 is 9.80 Å². The van der Waals surface area contributed by atoms with E-state index in [1.54, 1.807) is 0 Å². The van der Waals surface area contributed by atoms with Gasteiger partial charge in [0.1, 0.15) is 6.04 Å². The Morgan fingerprint density at radius 3 is 2.54 bits per heavy atom. The molecular weight excluding hydrogens is 375 g/mol. The zero-order valence-corrected chi connectivity index (χ0v) is 15.4. The second-order valence-corrected chi connectivity index (χ2v) is 7.31. The lowest BCUT2D eigenvalue weighted by Gasteiger charge is -2.30. The van der Waals surface area contributed by atoms with Crippen LogP contribution in [0.5, 0.6) is 0 Å². The number of benzene rings is 1. The molecule has 152 valence electrons. The van der Waals surface area contributed by atoms with Crippen molar-refractivity contribution in [3.05, 3.63) is 23.8 Å². The summed E-state index contributed by atoms with van der Waals surface area (Å²) in [4.78, 5) is 29.1. The minimum absolute atomic E-state index is 0.0363. The third-order valence-electron chi connectivity index (χ3n) is 5.64. The fourth-order valence-electron chi connectivity index (χ4n) is 4.24. The summed E-state index contributed by atoms with van der Waals surface area (Å²) in [6.45, 7) is 3.34. The molecular formula is C19H22F3N3O3. The normalized spacial score (nSPS) is 22.5. The van der Waals surface area contributed by atoms with Crippen LogP contribution in [0.25, 0.3) is 0 Å². The van der Waals surface area contributed by atoms with Crippen LogP contribution in [0, 0.1) is 0 Å². The summed E-state index contributed by atoms with van der Waals surface area (Å²) in [6.07, 6.45) is -3.65. The molecule has 1 atom stereocenters. The van der Waals surface area contributed by atoms with E-state index in [-0.39, 0.29) is 13.0 Å². The van der Waals surface area contributed by atoms with Crippen LogP contribution >= 0.6 is 0 Å². The molecule has 0 spiro atoms. The van der Waals surface area contributed by atoms with Crippen molar-refractivity contribution in [2.24, 2.45) is 0 Å². The standard InChI is InChI=1S/C19H22F3N3O3/c20-19(21,22)18(27)25-6-1-2-16(25)17(26)24-7-5-13-12-14(3-4-15(13)24)23-8-10-28-11-9-23/h3-4,12,16H,1-2,5-11H2. The van der Waals surface area contributed by atoms with Gasteiger partial charge in [0.15, 0.2) is 0 Å². The monoisotopic (exact) mass is 397 g/mol. The molecule has 0 N–H and O–H groups in total. The maximum atomic E-state index is 13.0. The molecule has 3 heterocycles. The van der Waals surface area contributed by atoms with Gasteiger partial charge in [0.25, 0.3) is 0 Å². The number of fused-ring (bicyclic) bond motifs is 1. The molecule has 0 aromatic heterocycles. The summed E-state index contributed by atoms with van der Waals surface area (Å²) in [5.41, 5.74) is 2.79. The smallest absolute Gasteiger partial charge is 0.378 e. The van der Waals surface area contributed by atoms with Gasteiger partial charge in [0.2, 0.25) is 5.91 Å². The Morgan fingerprint density at radius 2 is 1.82 bits per heavy atom. The highest BCUT2D eigenvalue weighted by Crippen LogP contribution is 2.34. The SMILES string of the molecule is O=C(C1CCCN1C(=O)C(F)(F)F)N1CCc2cc(N3CCOCC3)ccc21. The van der Waals surface area contributed by atoms with Crippen molar-refractivity contribution in [3.8, 4) is 0 Å². The van der Waals surface area contributed by atoms with Crippen LogP contribution in [0.1, 0.15) is 18.4 Å². The van der Waals surface area contributed by atoms with Crippen LogP contribution in [0.2, 0.25) is 0 Å². The minimum atomic E-state index is -4.96. The van der Waals surface area contributed by atoms with Crippen LogP contribution in [-0.4, -0.2) is 68.3 Å². The second-order valence-electron chi connectivity index (χ2n) is 7.31. The number of hydrogen-bond acceptors (Lipinski definition) is 4. The van der Waals surface area contributed by atoms with Crippen molar-refractivity contribution in [2.45, 2.75) is 31.5 Å². The highest BCUT2D eigenvalue weighted by atomic mass is 19.4. The van der Waals surface area contributed by atoms with E-state index in [9.17, 15) is 22.8 Å².